The molecule has 24 heavy (non-hydrogen) atoms. The summed E-state index contributed by atoms with van der Waals surface area (Å²) in [5.41, 5.74) is 1.26. The standard InChI is InChI=1S/C17H17IO5S/c1-10(2)14-9-15(11(3)7-16(14)24(20,21)22)23-17(19)12-5-4-6-13(18)8-12/h4-10H,1-3H3,(H,20,21,22). The van der Waals surface area contributed by atoms with Crippen LogP contribution in [0.3, 0.4) is 0 Å². The van der Waals surface area contributed by atoms with Crippen molar-refractivity contribution in [2.24, 2.45) is 0 Å². The quantitative estimate of drug-likeness (QED) is 0.321. The maximum atomic E-state index is 12.3. The number of benzene rings is 2. The highest BCUT2D eigenvalue weighted by Gasteiger charge is 2.21. The summed E-state index contributed by atoms with van der Waals surface area (Å²) in [5, 5.41) is 0. The molecule has 128 valence electrons. The van der Waals surface area contributed by atoms with Gasteiger partial charge in [-0.3, -0.25) is 4.55 Å². The molecule has 0 fully saturated rings. The predicted octanol–water partition coefficient (Wildman–Crippen LogP) is 4.19. The van der Waals surface area contributed by atoms with Crippen molar-refractivity contribution in [2.45, 2.75) is 31.6 Å². The fraction of sp³-hybridized carbons (Fsp3) is 0.235. The van der Waals surface area contributed by atoms with Crippen LogP contribution >= 0.6 is 22.6 Å². The van der Waals surface area contributed by atoms with Gasteiger partial charge in [0.2, 0.25) is 0 Å². The van der Waals surface area contributed by atoms with Gasteiger partial charge in [-0.2, -0.15) is 8.42 Å². The van der Waals surface area contributed by atoms with E-state index in [1.165, 1.54) is 12.1 Å². The Morgan fingerprint density at radius 2 is 1.88 bits per heavy atom. The van der Waals surface area contributed by atoms with Crippen LogP contribution in [-0.4, -0.2) is 18.9 Å². The van der Waals surface area contributed by atoms with Gasteiger partial charge in [-0.1, -0.05) is 19.9 Å². The SMILES string of the molecule is Cc1cc(S(=O)(=O)O)c(C(C)C)cc1OC(=O)c1cccc(I)c1. The minimum atomic E-state index is -4.35. The number of ether oxygens (including phenoxy) is 1. The Balaban J connectivity index is 2.45. The molecule has 0 heterocycles. The molecular weight excluding hydrogens is 443 g/mol. The third kappa shape index (κ3) is 4.34. The molecular formula is C17H17IO5S. The van der Waals surface area contributed by atoms with Crippen LogP contribution in [0.5, 0.6) is 5.75 Å². The van der Waals surface area contributed by atoms with E-state index < -0.39 is 16.1 Å². The second-order valence-electron chi connectivity index (χ2n) is 5.69. The van der Waals surface area contributed by atoms with Crippen LogP contribution in [0.15, 0.2) is 41.3 Å². The second-order valence-corrected chi connectivity index (χ2v) is 8.32. The number of esters is 1. The Hall–Kier alpha value is -1.45. The summed E-state index contributed by atoms with van der Waals surface area (Å²) in [6.45, 7) is 5.21. The average molecular weight is 460 g/mol. The molecule has 0 bridgehead atoms. The summed E-state index contributed by atoms with van der Waals surface area (Å²) >= 11 is 2.10. The molecule has 7 heteroatoms. The topological polar surface area (TPSA) is 80.7 Å². The molecule has 1 N–H and O–H groups in total. The van der Waals surface area contributed by atoms with Crippen LogP contribution in [0, 0.1) is 10.5 Å². The van der Waals surface area contributed by atoms with E-state index in [2.05, 4.69) is 22.6 Å². The lowest BCUT2D eigenvalue weighted by molar-refractivity contribution is 0.0733. The van der Waals surface area contributed by atoms with Gasteiger partial charge in [-0.25, -0.2) is 4.79 Å². The van der Waals surface area contributed by atoms with Crippen molar-refractivity contribution in [3.8, 4) is 5.75 Å². The second kappa shape index (κ2) is 7.20. The number of hydrogen-bond acceptors (Lipinski definition) is 4. The van der Waals surface area contributed by atoms with Gasteiger partial charge in [0.15, 0.2) is 0 Å². The lowest BCUT2D eigenvalue weighted by Crippen LogP contribution is -2.11. The summed E-state index contributed by atoms with van der Waals surface area (Å²) < 4.78 is 38.8. The Kier molecular flexibility index (Phi) is 5.67. The fourth-order valence-electron chi connectivity index (χ4n) is 2.24. The molecule has 0 aliphatic rings. The third-order valence-corrected chi connectivity index (χ3v) is 5.05. The minimum absolute atomic E-state index is 0.163. The molecule has 0 radical (unpaired) electrons. The predicted molar refractivity (Wildman–Crippen MR) is 99.2 cm³/mol. The lowest BCUT2D eigenvalue weighted by Gasteiger charge is -2.15. The molecule has 0 aromatic heterocycles. The average Bonchev–Trinajstić information content (AvgIpc) is 2.47. The molecule has 0 aliphatic heterocycles. The molecule has 0 saturated heterocycles. The Morgan fingerprint density at radius 1 is 1.21 bits per heavy atom. The molecule has 0 aliphatic carbocycles. The summed E-state index contributed by atoms with van der Waals surface area (Å²) in [7, 11) is -4.35. The Bertz CT molecular complexity index is 888. The molecule has 5 nitrogen and oxygen atoms in total. The monoisotopic (exact) mass is 460 g/mol. The first-order valence-corrected chi connectivity index (χ1v) is 9.71. The van der Waals surface area contributed by atoms with Gasteiger partial charge < -0.3 is 4.74 Å². The smallest absolute Gasteiger partial charge is 0.343 e. The summed E-state index contributed by atoms with van der Waals surface area (Å²) in [6, 6.07) is 9.79. The maximum Gasteiger partial charge on any atom is 0.343 e. The number of rotatable bonds is 4. The molecule has 0 atom stereocenters. The van der Waals surface area contributed by atoms with Crippen LogP contribution in [0.1, 0.15) is 41.3 Å². The fourth-order valence-corrected chi connectivity index (χ4v) is 3.70. The molecule has 2 aromatic carbocycles. The zero-order valence-corrected chi connectivity index (χ0v) is 16.4. The van der Waals surface area contributed by atoms with Gasteiger partial charge >= 0.3 is 5.97 Å². The van der Waals surface area contributed by atoms with Crippen molar-refractivity contribution in [1.29, 1.82) is 0 Å². The molecule has 2 aromatic rings. The van der Waals surface area contributed by atoms with Crippen molar-refractivity contribution in [3.05, 3.63) is 56.7 Å². The van der Waals surface area contributed by atoms with E-state index in [1.807, 2.05) is 6.07 Å². The van der Waals surface area contributed by atoms with Crippen molar-refractivity contribution in [1.82, 2.24) is 0 Å². The first kappa shape index (κ1) is 18.9. The number of hydrogen-bond donors (Lipinski definition) is 1. The van der Waals surface area contributed by atoms with E-state index in [4.69, 9.17) is 4.74 Å². The Labute approximate surface area is 154 Å². The summed E-state index contributed by atoms with van der Waals surface area (Å²) in [4.78, 5) is 12.1. The molecule has 0 amide bonds. The Morgan fingerprint density at radius 3 is 2.42 bits per heavy atom. The van der Waals surface area contributed by atoms with E-state index >= 15 is 0 Å². The number of halogens is 1. The van der Waals surface area contributed by atoms with Gasteiger partial charge in [0, 0.05) is 3.57 Å². The number of carbonyl (C=O) groups is 1. The van der Waals surface area contributed by atoms with Crippen molar-refractivity contribution >= 4 is 38.7 Å². The van der Waals surface area contributed by atoms with Crippen LogP contribution in [0.2, 0.25) is 0 Å². The van der Waals surface area contributed by atoms with Crippen LogP contribution < -0.4 is 4.74 Å². The van der Waals surface area contributed by atoms with E-state index in [0.717, 1.165) is 3.57 Å². The van der Waals surface area contributed by atoms with E-state index in [-0.39, 0.29) is 16.6 Å². The van der Waals surface area contributed by atoms with E-state index in [0.29, 0.717) is 16.7 Å². The van der Waals surface area contributed by atoms with Crippen LogP contribution in [0.4, 0.5) is 0 Å². The molecule has 0 unspecified atom stereocenters. The number of carbonyl (C=O) groups excluding carboxylic acids is 1. The highest BCUT2D eigenvalue weighted by atomic mass is 127. The van der Waals surface area contributed by atoms with Gasteiger partial charge in [0.1, 0.15) is 5.75 Å². The van der Waals surface area contributed by atoms with Crippen molar-refractivity contribution < 1.29 is 22.5 Å². The van der Waals surface area contributed by atoms with E-state index in [9.17, 15) is 17.8 Å². The highest BCUT2D eigenvalue weighted by Crippen LogP contribution is 2.31. The molecule has 0 saturated carbocycles. The zero-order chi connectivity index (χ0) is 18.1. The highest BCUT2D eigenvalue weighted by molar-refractivity contribution is 14.1. The minimum Gasteiger partial charge on any atom is -0.423 e. The van der Waals surface area contributed by atoms with Crippen LogP contribution in [0.25, 0.3) is 0 Å². The van der Waals surface area contributed by atoms with Crippen molar-refractivity contribution in [3.63, 3.8) is 0 Å². The molecule has 0 spiro atoms. The van der Waals surface area contributed by atoms with Crippen LogP contribution in [-0.2, 0) is 10.1 Å². The summed E-state index contributed by atoms with van der Waals surface area (Å²) in [6.07, 6.45) is 0. The zero-order valence-electron chi connectivity index (χ0n) is 13.4. The summed E-state index contributed by atoms with van der Waals surface area (Å²) in [5.74, 6) is -0.418. The maximum absolute atomic E-state index is 12.3. The first-order valence-electron chi connectivity index (χ1n) is 7.19. The molecule has 2 rings (SSSR count). The van der Waals surface area contributed by atoms with Gasteiger partial charge in [-0.05, 0) is 76.9 Å². The number of aryl methyl sites for hydroxylation is 1. The lowest BCUT2D eigenvalue weighted by atomic mass is 10.0. The normalized spacial score (nSPS) is 11.6. The first-order chi connectivity index (χ1) is 11.1. The van der Waals surface area contributed by atoms with Gasteiger partial charge in [0.05, 0.1) is 10.5 Å². The van der Waals surface area contributed by atoms with Gasteiger partial charge in [-0.15, -0.1) is 0 Å². The van der Waals surface area contributed by atoms with Gasteiger partial charge in [0.25, 0.3) is 10.1 Å². The third-order valence-electron chi connectivity index (χ3n) is 3.47. The van der Waals surface area contributed by atoms with Crippen molar-refractivity contribution in [2.75, 3.05) is 0 Å². The van der Waals surface area contributed by atoms with E-state index in [1.54, 1.807) is 39.0 Å². The largest absolute Gasteiger partial charge is 0.423 e.